The molecule has 1 N–H and O–H groups in total. The maximum absolute atomic E-state index is 10.8. The number of hydrogen-bond acceptors (Lipinski definition) is 5. The highest BCUT2D eigenvalue weighted by Crippen LogP contribution is 2.20. The summed E-state index contributed by atoms with van der Waals surface area (Å²) in [6.45, 7) is 0. The van der Waals surface area contributed by atoms with Crippen LogP contribution >= 0.6 is 22.9 Å². The molecule has 15 heavy (non-hydrogen) atoms. The summed E-state index contributed by atoms with van der Waals surface area (Å²) in [5, 5.41) is 15.7. The minimum absolute atomic E-state index is 0.232. The van der Waals surface area contributed by atoms with Crippen LogP contribution in [0.15, 0.2) is 16.9 Å². The molecular formula is C8H7ClN4OS. The van der Waals surface area contributed by atoms with E-state index in [1.165, 1.54) is 17.4 Å². The molecule has 2 rings (SSSR count). The first-order valence-corrected chi connectivity index (χ1v) is 5.59. The van der Waals surface area contributed by atoms with Gasteiger partial charge in [0.05, 0.1) is 0 Å². The molecular weight excluding hydrogens is 236 g/mol. The van der Waals surface area contributed by atoms with Gasteiger partial charge in [-0.25, -0.2) is 5.10 Å². The molecule has 2 aromatic heterocycles. The van der Waals surface area contributed by atoms with Crippen molar-refractivity contribution < 1.29 is 0 Å². The van der Waals surface area contributed by atoms with Gasteiger partial charge in [0.15, 0.2) is 5.01 Å². The van der Waals surface area contributed by atoms with Crippen molar-refractivity contribution in [1.82, 2.24) is 20.4 Å². The van der Waals surface area contributed by atoms with Gasteiger partial charge in [-0.1, -0.05) is 11.3 Å². The summed E-state index contributed by atoms with van der Waals surface area (Å²) in [4.78, 5) is 10.8. The number of nitrogens with one attached hydrogen (secondary N) is 1. The molecule has 0 aliphatic carbocycles. The van der Waals surface area contributed by atoms with E-state index in [9.17, 15) is 4.79 Å². The summed E-state index contributed by atoms with van der Waals surface area (Å²) in [6, 6.07) is 3.02. The predicted molar refractivity (Wildman–Crippen MR) is 58.2 cm³/mol. The van der Waals surface area contributed by atoms with Crippen LogP contribution in [-0.4, -0.2) is 26.3 Å². The normalized spacial score (nSPS) is 10.5. The summed E-state index contributed by atoms with van der Waals surface area (Å²) in [6.07, 6.45) is 0.697. The fourth-order valence-electron chi connectivity index (χ4n) is 1.00. The van der Waals surface area contributed by atoms with Gasteiger partial charge in [0.25, 0.3) is 5.56 Å². The number of aryl methyl sites for hydroxylation is 1. The summed E-state index contributed by atoms with van der Waals surface area (Å²) in [5.41, 5.74) is 0.386. The Morgan fingerprint density at radius 1 is 1.40 bits per heavy atom. The lowest BCUT2D eigenvalue weighted by atomic mass is 10.4. The van der Waals surface area contributed by atoms with E-state index in [1.54, 1.807) is 6.07 Å². The van der Waals surface area contributed by atoms with Gasteiger partial charge >= 0.3 is 0 Å². The third-order valence-electron chi connectivity index (χ3n) is 1.67. The Hall–Kier alpha value is -1.27. The molecule has 0 aliphatic rings. The van der Waals surface area contributed by atoms with Gasteiger partial charge in [0, 0.05) is 18.4 Å². The molecule has 7 heteroatoms. The molecule has 0 amide bonds. The Morgan fingerprint density at radius 3 is 2.93 bits per heavy atom. The first kappa shape index (κ1) is 10.3. The molecule has 5 nitrogen and oxygen atoms in total. The molecule has 0 fully saturated rings. The van der Waals surface area contributed by atoms with Gasteiger partial charge < -0.3 is 0 Å². The van der Waals surface area contributed by atoms with Gasteiger partial charge in [0.1, 0.15) is 10.7 Å². The van der Waals surface area contributed by atoms with E-state index in [2.05, 4.69) is 20.4 Å². The van der Waals surface area contributed by atoms with Crippen LogP contribution in [0.4, 0.5) is 0 Å². The monoisotopic (exact) mass is 242 g/mol. The van der Waals surface area contributed by atoms with Crippen molar-refractivity contribution in [1.29, 1.82) is 0 Å². The molecule has 0 saturated heterocycles. The number of alkyl halides is 1. The van der Waals surface area contributed by atoms with Crippen LogP contribution in [-0.2, 0) is 6.42 Å². The van der Waals surface area contributed by atoms with Gasteiger partial charge in [-0.2, -0.15) is 5.10 Å². The molecule has 0 unspecified atom stereocenters. The van der Waals surface area contributed by atoms with Crippen molar-refractivity contribution in [3.8, 4) is 10.7 Å². The minimum atomic E-state index is -0.232. The van der Waals surface area contributed by atoms with E-state index in [-0.39, 0.29) is 5.56 Å². The van der Waals surface area contributed by atoms with Gasteiger partial charge in [-0.15, -0.1) is 21.8 Å². The zero-order chi connectivity index (χ0) is 10.7. The maximum Gasteiger partial charge on any atom is 0.264 e. The molecule has 2 heterocycles. The quantitative estimate of drug-likeness (QED) is 0.818. The molecule has 0 aliphatic heterocycles. The third kappa shape index (κ3) is 2.40. The maximum atomic E-state index is 10.8. The zero-order valence-electron chi connectivity index (χ0n) is 7.61. The van der Waals surface area contributed by atoms with Crippen LogP contribution in [0.25, 0.3) is 10.7 Å². The smallest absolute Gasteiger partial charge is 0.264 e. The Bertz CT molecular complexity index is 489. The van der Waals surface area contributed by atoms with E-state index >= 15 is 0 Å². The Morgan fingerprint density at radius 2 is 2.27 bits per heavy atom. The molecule has 0 aromatic carbocycles. The second-order valence-corrected chi connectivity index (χ2v) is 4.19. The fraction of sp³-hybridized carbons (Fsp3) is 0.250. The highest BCUT2D eigenvalue weighted by Gasteiger charge is 2.07. The first-order chi connectivity index (χ1) is 7.29. The highest BCUT2D eigenvalue weighted by molar-refractivity contribution is 7.14. The van der Waals surface area contributed by atoms with Crippen LogP contribution in [0.5, 0.6) is 0 Å². The van der Waals surface area contributed by atoms with Gasteiger partial charge in [-0.3, -0.25) is 4.79 Å². The van der Waals surface area contributed by atoms with Crippen LogP contribution in [0.1, 0.15) is 5.01 Å². The summed E-state index contributed by atoms with van der Waals surface area (Å²) < 4.78 is 0. The van der Waals surface area contributed by atoms with Crippen LogP contribution < -0.4 is 5.56 Å². The Kier molecular flexibility index (Phi) is 3.08. The number of aromatic amines is 1. The molecule has 78 valence electrons. The topological polar surface area (TPSA) is 71.5 Å². The Balaban J connectivity index is 2.29. The van der Waals surface area contributed by atoms with Crippen molar-refractivity contribution in [3.05, 3.63) is 27.5 Å². The third-order valence-corrected chi connectivity index (χ3v) is 2.87. The predicted octanol–water partition coefficient (Wildman–Crippen LogP) is 1.07. The molecule has 0 radical (unpaired) electrons. The van der Waals surface area contributed by atoms with E-state index < -0.39 is 0 Å². The van der Waals surface area contributed by atoms with Crippen molar-refractivity contribution >= 4 is 22.9 Å². The highest BCUT2D eigenvalue weighted by atomic mass is 35.5. The number of rotatable bonds is 3. The fourth-order valence-corrected chi connectivity index (χ4v) is 2.10. The number of aromatic nitrogens is 4. The largest absolute Gasteiger partial charge is 0.268 e. The molecule has 0 spiro atoms. The number of hydrogen-bond donors (Lipinski definition) is 1. The lowest BCUT2D eigenvalue weighted by Crippen LogP contribution is -2.05. The lowest BCUT2D eigenvalue weighted by Gasteiger charge is -1.90. The van der Waals surface area contributed by atoms with E-state index in [4.69, 9.17) is 11.6 Å². The molecule has 2 aromatic rings. The summed E-state index contributed by atoms with van der Waals surface area (Å²) >= 11 is 7.01. The van der Waals surface area contributed by atoms with Crippen LogP contribution in [0.3, 0.4) is 0 Å². The SMILES string of the molecule is O=c1ccc(-c2nnc(CCCl)s2)n[nH]1. The van der Waals surface area contributed by atoms with Crippen molar-refractivity contribution in [3.63, 3.8) is 0 Å². The Labute approximate surface area is 94.1 Å². The van der Waals surface area contributed by atoms with Gasteiger partial charge in [0.2, 0.25) is 0 Å². The molecule has 0 bridgehead atoms. The van der Waals surface area contributed by atoms with Crippen LogP contribution in [0, 0.1) is 0 Å². The molecule has 0 saturated carbocycles. The van der Waals surface area contributed by atoms with Crippen molar-refractivity contribution in [2.45, 2.75) is 6.42 Å². The second kappa shape index (κ2) is 4.50. The van der Waals surface area contributed by atoms with E-state index in [0.717, 1.165) is 5.01 Å². The van der Waals surface area contributed by atoms with Crippen molar-refractivity contribution in [2.75, 3.05) is 5.88 Å². The standard InChI is InChI=1S/C8H7ClN4OS/c9-4-3-7-12-13-8(15-7)5-1-2-6(14)11-10-5/h1-2H,3-4H2,(H,11,14). The average molecular weight is 243 g/mol. The number of H-pyrrole nitrogens is 1. The average Bonchev–Trinajstić information content (AvgIpc) is 2.68. The van der Waals surface area contributed by atoms with Gasteiger partial charge in [-0.05, 0) is 6.07 Å². The first-order valence-electron chi connectivity index (χ1n) is 4.24. The van der Waals surface area contributed by atoms with E-state index in [1.807, 2.05) is 0 Å². The lowest BCUT2D eigenvalue weighted by molar-refractivity contribution is 0.964. The summed E-state index contributed by atoms with van der Waals surface area (Å²) in [5.74, 6) is 0.522. The minimum Gasteiger partial charge on any atom is -0.268 e. The summed E-state index contributed by atoms with van der Waals surface area (Å²) in [7, 11) is 0. The molecule has 0 atom stereocenters. The number of halogens is 1. The second-order valence-electron chi connectivity index (χ2n) is 2.75. The zero-order valence-corrected chi connectivity index (χ0v) is 9.18. The van der Waals surface area contributed by atoms with E-state index in [0.29, 0.717) is 23.0 Å². The number of nitrogens with zero attached hydrogens (tertiary/aromatic N) is 3. The van der Waals surface area contributed by atoms with Crippen LogP contribution in [0.2, 0.25) is 0 Å². The van der Waals surface area contributed by atoms with Crippen molar-refractivity contribution in [2.24, 2.45) is 0 Å².